The van der Waals surface area contributed by atoms with Gasteiger partial charge in [0.1, 0.15) is 0 Å². The zero-order valence-electron chi connectivity index (χ0n) is 14.0. The fourth-order valence-electron chi connectivity index (χ4n) is 2.65. The number of thioether (sulfide) groups is 1. The van der Waals surface area contributed by atoms with E-state index in [2.05, 4.69) is 5.32 Å². The number of amides is 2. The molecule has 0 spiro atoms. The first-order valence-corrected chi connectivity index (χ1v) is 9.38. The molecule has 5 heteroatoms. The lowest BCUT2D eigenvalue weighted by atomic mass is 10.2. The van der Waals surface area contributed by atoms with E-state index in [1.54, 1.807) is 0 Å². The fourth-order valence-corrected chi connectivity index (χ4v) is 3.42. The van der Waals surface area contributed by atoms with E-state index in [4.69, 9.17) is 0 Å². The monoisotopic (exact) mass is 334 g/mol. The number of rotatable bonds is 5. The quantitative estimate of drug-likeness (QED) is 0.897. The summed E-state index contributed by atoms with van der Waals surface area (Å²) in [6.07, 6.45) is 4.61. The third kappa shape index (κ3) is 5.90. The summed E-state index contributed by atoms with van der Waals surface area (Å²) in [5, 5.41) is 2.70. The standard InChI is InChI=1S/C18H26N2O2S/c1-14-7-9-16(10-8-14)19-17(21)13-23-15(2)18(22)20-11-5-3-4-6-12-20/h7-10,15H,3-6,11-13H2,1-2H3,(H,19,21). The second-order valence-corrected chi connectivity index (χ2v) is 7.44. The van der Waals surface area contributed by atoms with Crippen LogP contribution >= 0.6 is 11.8 Å². The SMILES string of the molecule is Cc1ccc(NC(=O)CSC(C)C(=O)N2CCCCCC2)cc1. The number of nitrogens with one attached hydrogen (secondary N) is 1. The van der Waals surface area contributed by atoms with Gasteiger partial charge in [-0.15, -0.1) is 11.8 Å². The number of aryl methyl sites for hydroxylation is 1. The third-order valence-electron chi connectivity index (χ3n) is 4.07. The smallest absolute Gasteiger partial charge is 0.235 e. The summed E-state index contributed by atoms with van der Waals surface area (Å²) in [6, 6.07) is 7.72. The van der Waals surface area contributed by atoms with E-state index >= 15 is 0 Å². The van der Waals surface area contributed by atoms with Gasteiger partial charge in [0.2, 0.25) is 11.8 Å². The molecule has 1 atom stereocenters. The van der Waals surface area contributed by atoms with Crippen molar-refractivity contribution < 1.29 is 9.59 Å². The molecule has 1 aromatic carbocycles. The van der Waals surface area contributed by atoms with Crippen molar-refractivity contribution >= 4 is 29.3 Å². The topological polar surface area (TPSA) is 49.4 Å². The normalized spacial score (nSPS) is 16.5. The van der Waals surface area contributed by atoms with Gasteiger partial charge in [0.15, 0.2) is 0 Å². The van der Waals surface area contributed by atoms with E-state index in [0.29, 0.717) is 5.75 Å². The summed E-state index contributed by atoms with van der Waals surface area (Å²) in [5.74, 6) is 0.406. The molecular formula is C18H26N2O2S. The zero-order chi connectivity index (χ0) is 16.7. The summed E-state index contributed by atoms with van der Waals surface area (Å²) in [7, 11) is 0. The molecule has 1 aliphatic rings. The van der Waals surface area contributed by atoms with Crippen LogP contribution in [0.3, 0.4) is 0 Å². The maximum absolute atomic E-state index is 12.4. The van der Waals surface area contributed by atoms with Gasteiger partial charge in [-0.2, -0.15) is 0 Å². The molecule has 1 N–H and O–H groups in total. The van der Waals surface area contributed by atoms with E-state index in [-0.39, 0.29) is 17.1 Å². The Balaban J connectivity index is 1.76. The van der Waals surface area contributed by atoms with Gasteiger partial charge in [0, 0.05) is 18.8 Å². The molecule has 0 aliphatic carbocycles. The van der Waals surface area contributed by atoms with Crippen LogP contribution in [0.1, 0.15) is 38.2 Å². The average Bonchev–Trinajstić information content (AvgIpc) is 2.83. The maximum atomic E-state index is 12.4. The molecule has 1 aliphatic heterocycles. The second kappa shape index (κ2) is 8.96. The van der Waals surface area contributed by atoms with Crippen molar-refractivity contribution in [3.8, 4) is 0 Å². The van der Waals surface area contributed by atoms with Crippen molar-refractivity contribution in [2.45, 2.75) is 44.8 Å². The largest absolute Gasteiger partial charge is 0.342 e. The minimum Gasteiger partial charge on any atom is -0.342 e. The molecule has 126 valence electrons. The number of carbonyl (C=O) groups is 2. The fraction of sp³-hybridized carbons (Fsp3) is 0.556. The van der Waals surface area contributed by atoms with Gasteiger partial charge in [0.05, 0.1) is 11.0 Å². The average molecular weight is 334 g/mol. The van der Waals surface area contributed by atoms with Gasteiger partial charge in [-0.1, -0.05) is 30.5 Å². The van der Waals surface area contributed by atoms with E-state index < -0.39 is 0 Å². The first-order valence-electron chi connectivity index (χ1n) is 8.33. The van der Waals surface area contributed by atoms with Crippen molar-refractivity contribution in [1.82, 2.24) is 4.90 Å². The Morgan fingerprint density at radius 2 is 1.74 bits per heavy atom. The molecule has 2 rings (SSSR count). The van der Waals surface area contributed by atoms with Crippen LogP contribution < -0.4 is 5.32 Å². The van der Waals surface area contributed by atoms with Crippen molar-refractivity contribution in [2.75, 3.05) is 24.2 Å². The Labute approximate surface area is 143 Å². The van der Waals surface area contributed by atoms with Crippen molar-refractivity contribution in [3.63, 3.8) is 0 Å². The van der Waals surface area contributed by atoms with Crippen LogP contribution in [0, 0.1) is 6.92 Å². The summed E-state index contributed by atoms with van der Waals surface area (Å²) in [4.78, 5) is 26.4. The Hall–Kier alpha value is -1.49. The zero-order valence-corrected chi connectivity index (χ0v) is 14.8. The highest BCUT2D eigenvalue weighted by molar-refractivity contribution is 8.01. The van der Waals surface area contributed by atoms with Crippen LogP contribution in [-0.2, 0) is 9.59 Å². The number of likely N-dealkylation sites (tertiary alicyclic amines) is 1. The molecule has 0 bridgehead atoms. The van der Waals surface area contributed by atoms with Crippen molar-refractivity contribution in [3.05, 3.63) is 29.8 Å². The summed E-state index contributed by atoms with van der Waals surface area (Å²) in [6.45, 7) is 5.63. The number of benzene rings is 1. The predicted octanol–water partition coefficient (Wildman–Crippen LogP) is 3.46. The van der Waals surface area contributed by atoms with Crippen LogP contribution in [-0.4, -0.2) is 40.8 Å². The van der Waals surface area contributed by atoms with Crippen molar-refractivity contribution in [2.24, 2.45) is 0 Å². The Kier molecular flexibility index (Phi) is 6.96. The summed E-state index contributed by atoms with van der Waals surface area (Å²) < 4.78 is 0. The van der Waals surface area contributed by atoms with Gasteiger partial charge in [-0.3, -0.25) is 9.59 Å². The molecule has 23 heavy (non-hydrogen) atoms. The predicted molar refractivity (Wildman–Crippen MR) is 96.8 cm³/mol. The van der Waals surface area contributed by atoms with Crippen molar-refractivity contribution in [1.29, 1.82) is 0 Å². The molecule has 4 nitrogen and oxygen atoms in total. The highest BCUT2D eigenvalue weighted by atomic mass is 32.2. The van der Waals surface area contributed by atoms with E-state index in [1.165, 1.54) is 24.6 Å². The van der Waals surface area contributed by atoms with Crippen LogP contribution in [0.4, 0.5) is 5.69 Å². The molecule has 1 aromatic rings. The van der Waals surface area contributed by atoms with Crippen LogP contribution in [0.5, 0.6) is 0 Å². The number of anilines is 1. The molecule has 2 amide bonds. The number of hydrogen-bond acceptors (Lipinski definition) is 3. The highest BCUT2D eigenvalue weighted by Gasteiger charge is 2.22. The lowest BCUT2D eigenvalue weighted by Gasteiger charge is -2.23. The Morgan fingerprint density at radius 3 is 2.35 bits per heavy atom. The Morgan fingerprint density at radius 1 is 1.13 bits per heavy atom. The molecule has 1 saturated heterocycles. The minimum atomic E-state index is -0.170. The lowest BCUT2D eigenvalue weighted by molar-refractivity contribution is -0.130. The highest BCUT2D eigenvalue weighted by Crippen LogP contribution is 2.18. The Bertz CT molecular complexity index is 522. The van der Waals surface area contributed by atoms with Gasteiger partial charge in [-0.25, -0.2) is 0 Å². The molecule has 0 aromatic heterocycles. The van der Waals surface area contributed by atoms with Gasteiger partial charge in [0.25, 0.3) is 0 Å². The first-order chi connectivity index (χ1) is 11.1. The second-order valence-electron chi connectivity index (χ2n) is 6.11. The number of hydrogen-bond donors (Lipinski definition) is 1. The van der Waals surface area contributed by atoms with Crippen LogP contribution in [0.25, 0.3) is 0 Å². The molecular weight excluding hydrogens is 308 g/mol. The lowest BCUT2D eigenvalue weighted by Crippen LogP contribution is -2.37. The minimum absolute atomic E-state index is 0.0608. The van der Waals surface area contributed by atoms with Crippen LogP contribution in [0.15, 0.2) is 24.3 Å². The van der Waals surface area contributed by atoms with Gasteiger partial charge in [-0.05, 0) is 38.8 Å². The number of nitrogens with zero attached hydrogens (tertiary/aromatic N) is 1. The maximum Gasteiger partial charge on any atom is 0.235 e. The molecule has 0 saturated carbocycles. The van der Waals surface area contributed by atoms with Gasteiger partial charge >= 0.3 is 0 Å². The molecule has 0 radical (unpaired) electrons. The summed E-state index contributed by atoms with van der Waals surface area (Å²) in [5.41, 5.74) is 1.96. The van der Waals surface area contributed by atoms with E-state index in [1.807, 2.05) is 43.0 Å². The third-order valence-corrected chi connectivity index (χ3v) is 5.20. The van der Waals surface area contributed by atoms with E-state index in [0.717, 1.165) is 37.2 Å². The number of carbonyl (C=O) groups excluding carboxylic acids is 2. The molecule has 1 fully saturated rings. The molecule has 1 heterocycles. The van der Waals surface area contributed by atoms with Crippen LogP contribution in [0.2, 0.25) is 0 Å². The van der Waals surface area contributed by atoms with Gasteiger partial charge < -0.3 is 10.2 Å². The van der Waals surface area contributed by atoms with E-state index in [9.17, 15) is 9.59 Å². The first kappa shape index (κ1) is 17.9. The summed E-state index contributed by atoms with van der Waals surface area (Å²) >= 11 is 1.41. The molecule has 1 unspecified atom stereocenters.